The molecule has 1 amide bonds. The summed E-state index contributed by atoms with van der Waals surface area (Å²) in [5.74, 6) is -0.424. The lowest BCUT2D eigenvalue weighted by atomic mass is 10.1. The van der Waals surface area contributed by atoms with Gasteiger partial charge in [0.25, 0.3) is 5.91 Å². The van der Waals surface area contributed by atoms with Crippen LogP contribution >= 0.6 is 11.6 Å². The van der Waals surface area contributed by atoms with Gasteiger partial charge in [-0.3, -0.25) is 4.79 Å². The fourth-order valence-electron chi connectivity index (χ4n) is 3.45. The van der Waals surface area contributed by atoms with Crippen molar-refractivity contribution in [3.05, 3.63) is 77.0 Å². The summed E-state index contributed by atoms with van der Waals surface area (Å²) in [6.07, 6.45) is 5.29. The number of carbonyl (C=O) groups is 1. The van der Waals surface area contributed by atoms with E-state index < -0.39 is 5.91 Å². The minimum absolute atomic E-state index is 0.00866. The molecule has 0 aliphatic carbocycles. The van der Waals surface area contributed by atoms with E-state index in [-0.39, 0.29) is 11.7 Å². The molecule has 2 heterocycles. The summed E-state index contributed by atoms with van der Waals surface area (Å²) >= 11 is 6.03. The summed E-state index contributed by atoms with van der Waals surface area (Å²) in [5, 5.41) is 17.7. The first kappa shape index (κ1) is 20.9. The number of halogens is 1. The van der Waals surface area contributed by atoms with Gasteiger partial charge in [0.15, 0.2) is 0 Å². The zero-order valence-corrected chi connectivity index (χ0v) is 17.5. The molecular formula is C24H21ClN4O2. The van der Waals surface area contributed by atoms with Crippen molar-refractivity contribution in [3.8, 4) is 23.0 Å². The van der Waals surface area contributed by atoms with Gasteiger partial charge >= 0.3 is 0 Å². The molecule has 1 aromatic heterocycles. The largest absolute Gasteiger partial charge is 0.376 e. The van der Waals surface area contributed by atoms with Gasteiger partial charge in [-0.2, -0.15) is 10.4 Å². The Bertz CT molecular complexity index is 1120. The molecule has 6 nitrogen and oxygen atoms in total. The van der Waals surface area contributed by atoms with Crippen LogP contribution in [-0.2, 0) is 9.53 Å². The van der Waals surface area contributed by atoms with Crippen LogP contribution in [0.4, 0.5) is 0 Å². The van der Waals surface area contributed by atoms with E-state index in [0.29, 0.717) is 29.4 Å². The Balaban J connectivity index is 1.67. The van der Waals surface area contributed by atoms with Gasteiger partial charge in [0.1, 0.15) is 11.6 Å². The summed E-state index contributed by atoms with van der Waals surface area (Å²) in [7, 11) is 0. The smallest absolute Gasteiger partial charge is 0.262 e. The van der Waals surface area contributed by atoms with Gasteiger partial charge in [-0.05, 0) is 43.2 Å². The number of aromatic nitrogens is 2. The second kappa shape index (κ2) is 9.61. The van der Waals surface area contributed by atoms with E-state index in [1.807, 2.05) is 54.7 Å². The molecule has 4 rings (SSSR count). The highest BCUT2D eigenvalue weighted by Gasteiger charge is 2.19. The highest BCUT2D eigenvalue weighted by Crippen LogP contribution is 2.27. The maximum atomic E-state index is 12.6. The van der Waals surface area contributed by atoms with Gasteiger partial charge in [0.2, 0.25) is 0 Å². The van der Waals surface area contributed by atoms with Crippen LogP contribution in [0, 0.1) is 11.3 Å². The lowest BCUT2D eigenvalue weighted by Gasteiger charge is -2.10. The summed E-state index contributed by atoms with van der Waals surface area (Å²) < 4.78 is 7.26. The van der Waals surface area contributed by atoms with Crippen molar-refractivity contribution in [3.63, 3.8) is 0 Å². The Hall–Kier alpha value is -3.40. The molecule has 1 aliphatic rings. The quantitative estimate of drug-likeness (QED) is 0.462. The van der Waals surface area contributed by atoms with Crippen LogP contribution < -0.4 is 5.32 Å². The molecule has 1 N–H and O–H groups in total. The Morgan fingerprint density at radius 3 is 2.71 bits per heavy atom. The molecule has 1 fully saturated rings. The third-order valence-corrected chi connectivity index (χ3v) is 5.31. The van der Waals surface area contributed by atoms with E-state index in [4.69, 9.17) is 21.4 Å². The van der Waals surface area contributed by atoms with Crippen LogP contribution in [-0.4, -0.2) is 34.9 Å². The Morgan fingerprint density at radius 2 is 2.03 bits per heavy atom. The lowest BCUT2D eigenvalue weighted by molar-refractivity contribution is -0.117. The molecule has 1 saturated heterocycles. The normalized spacial score (nSPS) is 16.1. The summed E-state index contributed by atoms with van der Waals surface area (Å²) in [6, 6.07) is 19.0. The van der Waals surface area contributed by atoms with Gasteiger partial charge in [-0.25, -0.2) is 4.68 Å². The number of rotatable bonds is 6. The van der Waals surface area contributed by atoms with E-state index in [1.165, 1.54) is 0 Å². The van der Waals surface area contributed by atoms with Gasteiger partial charge in [0, 0.05) is 35.5 Å². The molecule has 1 aliphatic heterocycles. The fourth-order valence-corrected chi connectivity index (χ4v) is 3.58. The minimum Gasteiger partial charge on any atom is -0.376 e. The molecule has 2 aromatic carbocycles. The Kier molecular flexibility index (Phi) is 6.46. The Labute approximate surface area is 185 Å². The molecule has 31 heavy (non-hydrogen) atoms. The van der Waals surface area contributed by atoms with Crippen LogP contribution in [0.5, 0.6) is 0 Å². The molecule has 3 aromatic rings. The van der Waals surface area contributed by atoms with Crippen LogP contribution in [0.2, 0.25) is 5.02 Å². The summed E-state index contributed by atoms with van der Waals surface area (Å²) in [6.45, 7) is 1.11. The molecule has 0 saturated carbocycles. The van der Waals surface area contributed by atoms with Crippen LogP contribution in [0.1, 0.15) is 18.4 Å². The van der Waals surface area contributed by atoms with E-state index in [0.717, 1.165) is 24.1 Å². The number of para-hydroxylation sites is 1. The molecule has 7 heteroatoms. The van der Waals surface area contributed by atoms with Crippen LogP contribution in [0.15, 0.2) is 66.4 Å². The average Bonchev–Trinajstić information content (AvgIpc) is 3.47. The minimum atomic E-state index is -0.424. The number of ether oxygens (including phenoxy) is 1. The SMILES string of the molecule is N#C/C(=C/c1cn(-c2ccccc2)nc1-c1ccc(Cl)cc1)C(=O)NCC1CCCO1. The van der Waals surface area contributed by atoms with Crippen LogP contribution in [0.25, 0.3) is 23.0 Å². The number of hydrogen-bond acceptors (Lipinski definition) is 4. The standard InChI is InChI=1S/C24H21ClN4O2/c25-20-10-8-17(9-11-20)23-19(16-29(28-23)21-5-2-1-3-6-21)13-18(14-26)24(30)27-15-22-7-4-12-31-22/h1-3,5-6,8-11,13,16,22H,4,7,12,15H2,(H,27,30)/b18-13-. The van der Waals surface area contributed by atoms with E-state index >= 15 is 0 Å². The van der Waals surface area contributed by atoms with Gasteiger partial charge in [-0.15, -0.1) is 0 Å². The maximum Gasteiger partial charge on any atom is 0.262 e. The first-order valence-corrected chi connectivity index (χ1v) is 10.4. The van der Waals surface area contributed by atoms with E-state index in [1.54, 1.807) is 22.9 Å². The molecule has 0 bridgehead atoms. The average molecular weight is 433 g/mol. The zero-order chi connectivity index (χ0) is 21.6. The summed E-state index contributed by atoms with van der Waals surface area (Å²) in [5.41, 5.74) is 3.04. The van der Waals surface area contributed by atoms with Gasteiger partial charge in [-0.1, -0.05) is 41.9 Å². The third-order valence-electron chi connectivity index (χ3n) is 5.06. The molecular weight excluding hydrogens is 412 g/mol. The number of carbonyl (C=O) groups excluding carboxylic acids is 1. The molecule has 156 valence electrons. The molecule has 1 unspecified atom stereocenters. The van der Waals surface area contributed by atoms with Crippen molar-refractivity contribution in [2.75, 3.05) is 13.2 Å². The Morgan fingerprint density at radius 1 is 1.26 bits per heavy atom. The van der Waals surface area contributed by atoms with Crippen molar-refractivity contribution >= 4 is 23.6 Å². The first-order chi connectivity index (χ1) is 15.1. The van der Waals surface area contributed by atoms with Crippen molar-refractivity contribution < 1.29 is 9.53 Å². The first-order valence-electron chi connectivity index (χ1n) is 10.1. The number of nitrogens with one attached hydrogen (secondary N) is 1. The number of amides is 1. The van der Waals surface area contributed by atoms with Crippen molar-refractivity contribution in [2.45, 2.75) is 18.9 Å². The van der Waals surface area contributed by atoms with Crippen molar-refractivity contribution in [1.29, 1.82) is 5.26 Å². The van der Waals surface area contributed by atoms with Crippen molar-refractivity contribution in [2.24, 2.45) is 0 Å². The van der Waals surface area contributed by atoms with Crippen LogP contribution in [0.3, 0.4) is 0 Å². The highest BCUT2D eigenvalue weighted by atomic mass is 35.5. The zero-order valence-electron chi connectivity index (χ0n) is 16.8. The monoisotopic (exact) mass is 432 g/mol. The van der Waals surface area contributed by atoms with Gasteiger partial charge < -0.3 is 10.1 Å². The number of benzene rings is 2. The third kappa shape index (κ3) is 5.02. The molecule has 1 atom stereocenters. The highest BCUT2D eigenvalue weighted by molar-refractivity contribution is 6.30. The maximum absolute atomic E-state index is 12.6. The summed E-state index contributed by atoms with van der Waals surface area (Å²) in [4.78, 5) is 12.6. The van der Waals surface area contributed by atoms with E-state index in [2.05, 4.69) is 5.32 Å². The van der Waals surface area contributed by atoms with Crippen molar-refractivity contribution in [1.82, 2.24) is 15.1 Å². The molecule has 0 radical (unpaired) electrons. The second-order valence-corrected chi connectivity index (χ2v) is 7.67. The number of nitrogens with zero attached hydrogens (tertiary/aromatic N) is 3. The lowest BCUT2D eigenvalue weighted by Crippen LogP contribution is -2.32. The number of nitriles is 1. The second-order valence-electron chi connectivity index (χ2n) is 7.23. The predicted molar refractivity (Wildman–Crippen MR) is 120 cm³/mol. The molecule has 0 spiro atoms. The van der Waals surface area contributed by atoms with Gasteiger partial charge in [0.05, 0.1) is 17.5 Å². The fraction of sp³-hybridized carbons (Fsp3) is 0.208. The van der Waals surface area contributed by atoms with E-state index in [9.17, 15) is 10.1 Å². The topological polar surface area (TPSA) is 79.9 Å². The predicted octanol–water partition coefficient (Wildman–Crippen LogP) is 4.39. The number of hydrogen-bond donors (Lipinski definition) is 1.